The van der Waals surface area contributed by atoms with E-state index in [-0.39, 0.29) is 0 Å². The number of ether oxygens (including phenoxy) is 1. The van der Waals surface area contributed by atoms with Crippen molar-refractivity contribution in [3.63, 3.8) is 0 Å². The van der Waals surface area contributed by atoms with Crippen molar-refractivity contribution in [3.05, 3.63) is 11.8 Å². The molecule has 0 aromatic rings. The summed E-state index contributed by atoms with van der Waals surface area (Å²) in [7, 11) is -0.285. The van der Waals surface area contributed by atoms with E-state index >= 15 is 0 Å². The normalized spacial score (nSPS) is 24.5. The molecule has 0 saturated heterocycles. The first-order chi connectivity index (χ1) is 7.83. The second-order valence-corrected chi connectivity index (χ2v) is 9.70. The SMILES string of the molecule is COC(=O)C1(C#N)CC=C(O[Si](C)(C)C)CC1. The van der Waals surface area contributed by atoms with E-state index in [1.165, 1.54) is 7.11 Å². The minimum absolute atomic E-state index is 0.385. The Kier molecular flexibility index (Phi) is 3.99. The third-order valence-corrected chi connectivity index (χ3v) is 3.58. The van der Waals surface area contributed by atoms with Crippen LogP contribution in [0.1, 0.15) is 19.3 Å². The fourth-order valence-electron chi connectivity index (χ4n) is 1.84. The molecule has 0 aliphatic heterocycles. The van der Waals surface area contributed by atoms with Crippen LogP contribution >= 0.6 is 0 Å². The Bertz CT molecular complexity index is 378. The maximum atomic E-state index is 11.6. The van der Waals surface area contributed by atoms with Crippen LogP contribution in [0, 0.1) is 16.7 Å². The smallest absolute Gasteiger partial charge is 0.326 e. The molecule has 0 radical (unpaired) electrons. The van der Waals surface area contributed by atoms with Gasteiger partial charge < -0.3 is 9.16 Å². The van der Waals surface area contributed by atoms with Gasteiger partial charge in [-0.15, -0.1) is 0 Å². The molecular weight excluding hydrogens is 234 g/mol. The zero-order valence-corrected chi connectivity index (χ0v) is 11.9. The van der Waals surface area contributed by atoms with E-state index in [4.69, 9.17) is 14.4 Å². The lowest BCUT2D eigenvalue weighted by molar-refractivity contribution is -0.149. The Morgan fingerprint density at radius 1 is 1.53 bits per heavy atom. The molecular formula is C12H19NO3Si. The lowest BCUT2D eigenvalue weighted by atomic mass is 9.78. The molecule has 0 aromatic carbocycles. The minimum atomic E-state index is -1.60. The number of methoxy groups -OCH3 is 1. The first-order valence-electron chi connectivity index (χ1n) is 5.71. The fraction of sp³-hybridized carbons (Fsp3) is 0.667. The Morgan fingerprint density at radius 2 is 2.18 bits per heavy atom. The first-order valence-corrected chi connectivity index (χ1v) is 9.11. The summed E-state index contributed by atoms with van der Waals surface area (Å²) in [5.74, 6) is 0.474. The van der Waals surface area contributed by atoms with E-state index in [9.17, 15) is 4.79 Å². The highest BCUT2D eigenvalue weighted by molar-refractivity contribution is 6.70. The number of rotatable bonds is 3. The number of hydrogen-bond acceptors (Lipinski definition) is 4. The molecule has 0 saturated carbocycles. The second kappa shape index (κ2) is 4.92. The highest BCUT2D eigenvalue weighted by Crippen LogP contribution is 2.37. The predicted octanol–water partition coefficient (Wildman–Crippen LogP) is 2.59. The first kappa shape index (κ1) is 13.8. The molecule has 94 valence electrons. The Morgan fingerprint density at radius 3 is 2.53 bits per heavy atom. The standard InChI is InChI=1S/C12H19NO3Si/c1-15-11(14)12(9-13)7-5-10(6-8-12)16-17(2,3)4/h5H,6-8H2,1-4H3. The van der Waals surface area contributed by atoms with Gasteiger partial charge >= 0.3 is 5.97 Å². The van der Waals surface area contributed by atoms with Gasteiger partial charge in [0.05, 0.1) is 18.9 Å². The predicted molar refractivity (Wildman–Crippen MR) is 66.4 cm³/mol. The molecule has 0 aromatic heterocycles. The second-order valence-electron chi connectivity index (χ2n) is 5.27. The number of allylic oxidation sites excluding steroid dienone is 2. The van der Waals surface area contributed by atoms with Crippen molar-refractivity contribution in [2.45, 2.75) is 38.9 Å². The topological polar surface area (TPSA) is 59.3 Å². The van der Waals surface area contributed by atoms with Crippen LogP contribution in [0.15, 0.2) is 11.8 Å². The highest BCUT2D eigenvalue weighted by Gasteiger charge is 2.41. The minimum Gasteiger partial charge on any atom is -0.548 e. The van der Waals surface area contributed by atoms with Crippen molar-refractivity contribution >= 4 is 14.3 Å². The largest absolute Gasteiger partial charge is 0.548 e. The van der Waals surface area contributed by atoms with Crippen LogP contribution in [0.2, 0.25) is 19.6 Å². The van der Waals surface area contributed by atoms with E-state index in [0.717, 1.165) is 5.76 Å². The number of nitriles is 1. The molecule has 1 atom stereocenters. The Hall–Kier alpha value is -1.28. The van der Waals surface area contributed by atoms with E-state index < -0.39 is 19.7 Å². The number of carbonyl (C=O) groups is 1. The number of nitrogens with zero attached hydrogens (tertiary/aromatic N) is 1. The van der Waals surface area contributed by atoms with Gasteiger partial charge in [0.2, 0.25) is 8.32 Å². The van der Waals surface area contributed by atoms with Gasteiger partial charge in [-0.2, -0.15) is 5.26 Å². The van der Waals surface area contributed by atoms with E-state index in [2.05, 4.69) is 25.7 Å². The molecule has 0 N–H and O–H groups in total. The van der Waals surface area contributed by atoms with Crippen molar-refractivity contribution in [1.29, 1.82) is 5.26 Å². The van der Waals surface area contributed by atoms with Gasteiger partial charge in [0, 0.05) is 6.42 Å². The Balaban J connectivity index is 2.77. The third-order valence-electron chi connectivity index (χ3n) is 2.70. The maximum absolute atomic E-state index is 11.6. The van der Waals surface area contributed by atoms with Gasteiger partial charge in [0.1, 0.15) is 0 Å². The summed E-state index contributed by atoms with van der Waals surface area (Å²) in [4.78, 5) is 11.6. The monoisotopic (exact) mass is 253 g/mol. The highest BCUT2D eigenvalue weighted by atomic mass is 28.4. The average Bonchev–Trinajstić information content (AvgIpc) is 2.27. The molecule has 1 aliphatic rings. The maximum Gasteiger partial charge on any atom is 0.326 e. The zero-order valence-electron chi connectivity index (χ0n) is 10.9. The van der Waals surface area contributed by atoms with E-state index in [1.54, 1.807) is 0 Å². The van der Waals surface area contributed by atoms with E-state index in [1.807, 2.05) is 6.08 Å². The lowest BCUT2D eigenvalue weighted by Crippen LogP contribution is -2.34. The van der Waals surface area contributed by atoms with Crippen LogP contribution in [0.25, 0.3) is 0 Å². The van der Waals surface area contributed by atoms with Crippen molar-refractivity contribution in [2.75, 3.05) is 7.11 Å². The van der Waals surface area contributed by atoms with Gasteiger partial charge in [-0.05, 0) is 38.6 Å². The van der Waals surface area contributed by atoms with Gasteiger partial charge in [0.25, 0.3) is 0 Å². The summed E-state index contributed by atoms with van der Waals surface area (Å²) in [5.41, 5.74) is -1.01. The summed E-state index contributed by atoms with van der Waals surface area (Å²) in [6.45, 7) is 6.33. The molecule has 0 spiro atoms. The molecule has 1 unspecified atom stereocenters. The van der Waals surface area contributed by atoms with Gasteiger partial charge in [0.15, 0.2) is 5.41 Å². The van der Waals surface area contributed by atoms with Crippen LogP contribution in [0.5, 0.6) is 0 Å². The van der Waals surface area contributed by atoms with Gasteiger partial charge in [-0.25, -0.2) is 0 Å². The molecule has 1 aliphatic carbocycles. The van der Waals surface area contributed by atoms with Crippen LogP contribution < -0.4 is 0 Å². The quantitative estimate of drug-likeness (QED) is 0.573. The molecule has 0 bridgehead atoms. The summed E-state index contributed by atoms with van der Waals surface area (Å²) in [5, 5.41) is 9.15. The van der Waals surface area contributed by atoms with Crippen molar-refractivity contribution < 1.29 is 14.0 Å². The fourth-order valence-corrected chi connectivity index (χ4v) is 2.81. The number of esters is 1. The third kappa shape index (κ3) is 3.33. The number of hydrogen-bond donors (Lipinski definition) is 0. The van der Waals surface area contributed by atoms with Crippen LogP contribution in [-0.2, 0) is 14.0 Å². The van der Waals surface area contributed by atoms with Crippen molar-refractivity contribution in [1.82, 2.24) is 0 Å². The van der Waals surface area contributed by atoms with Crippen molar-refractivity contribution in [3.8, 4) is 6.07 Å². The van der Waals surface area contributed by atoms with Gasteiger partial charge in [-0.3, -0.25) is 4.79 Å². The van der Waals surface area contributed by atoms with Crippen LogP contribution in [0.4, 0.5) is 0 Å². The molecule has 0 amide bonds. The van der Waals surface area contributed by atoms with Crippen molar-refractivity contribution in [2.24, 2.45) is 5.41 Å². The molecule has 4 nitrogen and oxygen atoms in total. The van der Waals surface area contributed by atoms with Gasteiger partial charge in [-0.1, -0.05) is 0 Å². The molecule has 0 heterocycles. The number of carbonyl (C=O) groups excluding carboxylic acids is 1. The molecule has 0 fully saturated rings. The molecule has 5 heteroatoms. The van der Waals surface area contributed by atoms with Crippen LogP contribution in [0.3, 0.4) is 0 Å². The average molecular weight is 253 g/mol. The summed E-state index contributed by atoms with van der Waals surface area (Å²) < 4.78 is 10.6. The summed E-state index contributed by atoms with van der Waals surface area (Å²) in [6.07, 6.45) is 3.36. The summed E-state index contributed by atoms with van der Waals surface area (Å²) in [6, 6.07) is 2.09. The summed E-state index contributed by atoms with van der Waals surface area (Å²) >= 11 is 0. The van der Waals surface area contributed by atoms with Crippen LogP contribution in [-0.4, -0.2) is 21.4 Å². The zero-order chi connectivity index (χ0) is 13.1. The lowest BCUT2D eigenvalue weighted by Gasteiger charge is -2.30. The van der Waals surface area contributed by atoms with E-state index in [0.29, 0.717) is 19.3 Å². The molecule has 17 heavy (non-hydrogen) atoms. The Labute approximate surface area is 103 Å². The molecule has 1 rings (SSSR count).